The molecule has 2 heteroatoms. The summed E-state index contributed by atoms with van der Waals surface area (Å²) in [5.74, 6) is 2.99. The minimum atomic E-state index is 0.405. The van der Waals surface area contributed by atoms with Gasteiger partial charge in [-0.25, -0.2) is 0 Å². The minimum absolute atomic E-state index is 0.405. The molecule has 18 heavy (non-hydrogen) atoms. The summed E-state index contributed by atoms with van der Waals surface area (Å²) in [7, 11) is 0. The number of benzene rings is 1. The Hall–Kier alpha value is -0.690. The van der Waals surface area contributed by atoms with Crippen LogP contribution in [0.15, 0.2) is 24.3 Å². The van der Waals surface area contributed by atoms with Gasteiger partial charge in [-0.2, -0.15) is 0 Å². The molecule has 4 fully saturated rings. The lowest BCUT2D eigenvalue weighted by Crippen LogP contribution is -2.54. The Bertz CT molecular complexity index is 415. The van der Waals surface area contributed by atoms with E-state index in [-0.39, 0.29) is 0 Å². The van der Waals surface area contributed by atoms with Crippen molar-refractivity contribution in [3.05, 3.63) is 29.3 Å². The quantitative estimate of drug-likeness (QED) is 0.812. The van der Waals surface area contributed by atoms with E-state index >= 15 is 0 Å². The van der Waals surface area contributed by atoms with E-state index in [9.17, 15) is 0 Å². The summed E-state index contributed by atoms with van der Waals surface area (Å²) in [5.41, 5.74) is 1.66. The van der Waals surface area contributed by atoms with Crippen LogP contribution < -0.4 is 5.32 Å². The van der Waals surface area contributed by atoms with E-state index in [4.69, 9.17) is 11.6 Å². The smallest absolute Gasteiger partial charge is 0.0407 e. The van der Waals surface area contributed by atoms with Crippen molar-refractivity contribution >= 4 is 17.3 Å². The molecule has 0 aromatic heterocycles. The second-order valence-electron chi connectivity index (χ2n) is 6.83. The molecule has 4 aliphatic carbocycles. The maximum absolute atomic E-state index is 5.96. The number of hydrogen-bond acceptors (Lipinski definition) is 1. The van der Waals surface area contributed by atoms with Crippen LogP contribution in [0.3, 0.4) is 0 Å². The van der Waals surface area contributed by atoms with Crippen molar-refractivity contribution in [2.75, 3.05) is 5.32 Å². The first-order chi connectivity index (χ1) is 8.71. The fourth-order valence-corrected chi connectivity index (χ4v) is 5.23. The van der Waals surface area contributed by atoms with Gasteiger partial charge < -0.3 is 5.32 Å². The van der Waals surface area contributed by atoms with Crippen LogP contribution in [0, 0.1) is 17.8 Å². The lowest BCUT2D eigenvalue weighted by molar-refractivity contribution is 0.0107. The summed E-state index contributed by atoms with van der Waals surface area (Å²) in [5, 5.41) is 4.68. The predicted molar refractivity (Wildman–Crippen MR) is 76.0 cm³/mol. The highest BCUT2D eigenvalue weighted by atomic mass is 35.5. The van der Waals surface area contributed by atoms with Crippen molar-refractivity contribution in [3.8, 4) is 0 Å². The van der Waals surface area contributed by atoms with Crippen LogP contribution in [0.5, 0.6) is 0 Å². The zero-order valence-corrected chi connectivity index (χ0v) is 11.4. The van der Waals surface area contributed by atoms with Crippen molar-refractivity contribution in [1.29, 1.82) is 0 Å². The molecule has 1 aromatic rings. The van der Waals surface area contributed by atoms with Crippen LogP contribution in [0.4, 0.5) is 5.69 Å². The van der Waals surface area contributed by atoms with Crippen LogP contribution in [0.1, 0.15) is 38.5 Å². The minimum Gasteiger partial charge on any atom is -0.380 e. The van der Waals surface area contributed by atoms with Crippen LogP contribution >= 0.6 is 11.6 Å². The molecule has 1 N–H and O–H groups in total. The molecule has 0 amide bonds. The summed E-state index contributed by atoms with van der Waals surface area (Å²) < 4.78 is 0. The Kier molecular flexibility index (Phi) is 2.42. The van der Waals surface area contributed by atoms with E-state index in [0.29, 0.717) is 5.54 Å². The van der Waals surface area contributed by atoms with Gasteiger partial charge in [0.15, 0.2) is 0 Å². The first-order valence-corrected chi connectivity index (χ1v) is 7.62. The number of hydrogen-bond donors (Lipinski definition) is 1. The lowest BCUT2D eigenvalue weighted by Gasteiger charge is -2.57. The normalized spacial score (nSPS) is 41.1. The molecule has 4 bridgehead atoms. The van der Waals surface area contributed by atoms with Crippen molar-refractivity contribution in [2.45, 2.75) is 44.1 Å². The monoisotopic (exact) mass is 261 g/mol. The van der Waals surface area contributed by atoms with Crippen LogP contribution in [0.2, 0.25) is 5.02 Å². The fourth-order valence-electron chi connectivity index (χ4n) is 5.10. The molecule has 0 heterocycles. The predicted octanol–water partition coefficient (Wildman–Crippen LogP) is 4.72. The van der Waals surface area contributed by atoms with Gasteiger partial charge in [0.2, 0.25) is 0 Å². The standard InChI is InChI=1S/C16H20ClN/c17-14-1-3-15(4-2-14)18-16-8-11-5-12(9-16)7-13(6-11)10-16/h1-4,11-13,18H,5-10H2. The SMILES string of the molecule is Clc1ccc(NC23CC4CC(CC(C4)C2)C3)cc1. The molecule has 0 radical (unpaired) electrons. The van der Waals surface area contributed by atoms with E-state index in [2.05, 4.69) is 17.4 Å². The van der Waals surface area contributed by atoms with Crippen molar-refractivity contribution in [1.82, 2.24) is 0 Å². The number of rotatable bonds is 2. The van der Waals surface area contributed by atoms with Crippen molar-refractivity contribution in [3.63, 3.8) is 0 Å². The summed E-state index contributed by atoms with van der Waals surface area (Å²) >= 11 is 5.96. The molecule has 96 valence electrons. The first-order valence-electron chi connectivity index (χ1n) is 7.25. The molecular weight excluding hydrogens is 242 g/mol. The highest BCUT2D eigenvalue weighted by Gasteiger charge is 2.50. The number of anilines is 1. The third-order valence-electron chi connectivity index (χ3n) is 5.29. The highest BCUT2D eigenvalue weighted by Crippen LogP contribution is 2.56. The topological polar surface area (TPSA) is 12.0 Å². The van der Waals surface area contributed by atoms with Gasteiger partial charge in [-0.3, -0.25) is 0 Å². The molecule has 1 aromatic carbocycles. The summed E-state index contributed by atoms with van der Waals surface area (Å²) in [6.07, 6.45) is 8.68. The lowest BCUT2D eigenvalue weighted by atomic mass is 9.53. The Labute approximate surface area is 114 Å². The van der Waals surface area contributed by atoms with E-state index in [1.54, 1.807) is 0 Å². The Morgan fingerprint density at radius 1 is 0.889 bits per heavy atom. The van der Waals surface area contributed by atoms with Crippen molar-refractivity contribution < 1.29 is 0 Å². The third-order valence-corrected chi connectivity index (χ3v) is 5.54. The molecule has 4 aliphatic rings. The number of halogens is 1. The molecule has 0 aliphatic heterocycles. The van der Waals surface area contributed by atoms with E-state index in [1.165, 1.54) is 44.2 Å². The van der Waals surface area contributed by atoms with E-state index < -0.39 is 0 Å². The maximum Gasteiger partial charge on any atom is 0.0407 e. The molecule has 0 spiro atoms. The Balaban J connectivity index is 1.58. The molecule has 5 rings (SSSR count). The van der Waals surface area contributed by atoms with Crippen molar-refractivity contribution in [2.24, 2.45) is 17.8 Å². The zero-order valence-electron chi connectivity index (χ0n) is 10.7. The zero-order chi connectivity index (χ0) is 12.2. The second kappa shape index (κ2) is 3.90. The van der Waals surface area contributed by atoms with Gasteiger partial charge in [-0.05, 0) is 80.5 Å². The molecule has 0 saturated heterocycles. The van der Waals surface area contributed by atoms with Gasteiger partial charge in [0, 0.05) is 16.2 Å². The van der Waals surface area contributed by atoms with Gasteiger partial charge in [0.25, 0.3) is 0 Å². The average molecular weight is 262 g/mol. The maximum atomic E-state index is 5.96. The third kappa shape index (κ3) is 1.84. The summed E-state index contributed by atoms with van der Waals surface area (Å²) in [6.45, 7) is 0. The molecular formula is C16H20ClN. The molecule has 1 nitrogen and oxygen atoms in total. The van der Waals surface area contributed by atoms with E-state index in [0.717, 1.165) is 22.8 Å². The van der Waals surface area contributed by atoms with Gasteiger partial charge in [-0.15, -0.1) is 0 Å². The van der Waals surface area contributed by atoms with Gasteiger partial charge in [0.1, 0.15) is 0 Å². The fraction of sp³-hybridized carbons (Fsp3) is 0.625. The number of nitrogens with one attached hydrogen (secondary N) is 1. The van der Waals surface area contributed by atoms with Crippen LogP contribution in [-0.2, 0) is 0 Å². The molecule has 0 unspecified atom stereocenters. The summed E-state index contributed by atoms with van der Waals surface area (Å²) in [4.78, 5) is 0. The second-order valence-corrected chi connectivity index (χ2v) is 7.27. The van der Waals surface area contributed by atoms with Crippen LogP contribution in [-0.4, -0.2) is 5.54 Å². The van der Waals surface area contributed by atoms with Crippen LogP contribution in [0.25, 0.3) is 0 Å². The Morgan fingerprint density at radius 2 is 1.39 bits per heavy atom. The molecule has 0 atom stereocenters. The molecule has 4 saturated carbocycles. The van der Waals surface area contributed by atoms with Gasteiger partial charge in [0.05, 0.1) is 0 Å². The van der Waals surface area contributed by atoms with Gasteiger partial charge >= 0.3 is 0 Å². The van der Waals surface area contributed by atoms with E-state index in [1.807, 2.05) is 12.1 Å². The highest BCUT2D eigenvalue weighted by molar-refractivity contribution is 6.30. The average Bonchev–Trinajstić information content (AvgIpc) is 2.30. The Morgan fingerprint density at radius 3 is 1.89 bits per heavy atom. The largest absolute Gasteiger partial charge is 0.380 e. The summed E-state index contributed by atoms with van der Waals surface area (Å²) in [6, 6.07) is 8.23. The van der Waals surface area contributed by atoms with Gasteiger partial charge in [-0.1, -0.05) is 11.6 Å². The first kappa shape index (κ1) is 11.2.